The number of likely N-dealkylation sites (N-methyl/N-ethyl adjacent to an activating group) is 1. The fraction of sp³-hybridized carbons (Fsp3) is 0.222. The van der Waals surface area contributed by atoms with Crippen molar-refractivity contribution in [1.82, 2.24) is 14.8 Å². The number of amides is 2. The third kappa shape index (κ3) is 3.71. The summed E-state index contributed by atoms with van der Waals surface area (Å²) in [4.78, 5) is 26.0. The summed E-state index contributed by atoms with van der Waals surface area (Å²) in [6.07, 6.45) is 0. The maximum Gasteiger partial charge on any atom is 0.268 e. The summed E-state index contributed by atoms with van der Waals surface area (Å²) in [5, 5.41) is 4.62. The number of benzene rings is 1. The van der Waals surface area contributed by atoms with Crippen molar-refractivity contribution in [3.8, 4) is 0 Å². The van der Waals surface area contributed by atoms with Gasteiger partial charge in [-0.05, 0) is 35.2 Å². The lowest BCUT2D eigenvalue weighted by molar-refractivity contribution is -0.129. The highest BCUT2D eigenvalue weighted by atomic mass is 32.1. The molecule has 3 aromatic rings. The van der Waals surface area contributed by atoms with Crippen molar-refractivity contribution in [3.63, 3.8) is 0 Å². The summed E-state index contributed by atoms with van der Waals surface area (Å²) < 4.78 is 16.0. The molecule has 130 valence electrons. The summed E-state index contributed by atoms with van der Waals surface area (Å²) >= 11 is 1.56. The van der Waals surface area contributed by atoms with Crippen LogP contribution < -0.4 is 5.32 Å². The largest absolute Gasteiger partial charge is 0.342 e. The van der Waals surface area contributed by atoms with Crippen LogP contribution in [-0.2, 0) is 18.4 Å². The van der Waals surface area contributed by atoms with Crippen LogP contribution in [0.3, 0.4) is 0 Å². The second-order valence-corrected chi connectivity index (χ2v) is 6.77. The Balaban J connectivity index is 1.58. The van der Waals surface area contributed by atoms with E-state index in [9.17, 15) is 14.0 Å². The minimum Gasteiger partial charge on any atom is -0.342 e. The summed E-state index contributed by atoms with van der Waals surface area (Å²) in [6.45, 7) is 0.176. The fourth-order valence-corrected chi connectivity index (χ4v) is 3.50. The predicted octanol–water partition coefficient (Wildman–Crippen LogP) is 2.77. The second-order valence-electron chi connectivity index (χ2n) is 5.82. The molecule has 0 aliphatic rings. The molecule has 0 aliphatic carbocycles. The molecule has 0 saturated heterocycles. The van der Waals surface area contributed by atoms with Crippen LogP contribution in [0.25, 0.3) is 10.2 Å². The Labute approximate surface area is 148 Å². The Morgan fingerprint density at radius 1 is 1.28 bits per heavy atom. The molecule has 2 aromatic heterocycles. The van der Waals surface area contributed by atoms with Crippen molar-refractivity contribution in [2.24, 2.45) is 7.05 Å². The lowest BCUT2D eigenvalue weighted by Crippen LogP contribution is -2.38. The maximum absolute atomic E-state index is 13.2. The van der Waals surface area contributed by atoms with Crippen molar-refractivity contribution in [2.45, 2.75) is 6.54 Å². The number of thiophene rings is 1. The zero-order valence-corrected chi connectivity index (χ0v) is 14.8. The summed E-state index contributed by atoms with van der Waals surface area (Å²) in [5.41, 5.74) is 2.21. The Hall–Kier alpha value is -2.67. The van der Waals surface area contributed by atoms with E-state index in [0.29, 0.717) is 11.3 Å². The quantitative estimate of drug-likeness (QED) is 0.762. The number of nitrogens with one attached hydrogen (secondary N) is 1. The SMILES string of the molecule is CN(Cc1cccc(F)c1)C(=O)CNC(=O)c1cc2sccc2n1C. The van der Waals surface area contributed by atoms with E-state index in [-0.39, 0.29) is 30.7 Å². The number of halogens is 1. The molecule has 0 fully saturated rings. The van der Waals surface area contributed by atoms with E-state index in [1.54, 1.807) is 30.5 Å². The first-order chi connectivity index (χ1) is 12.0. The fourth-order valence-electron chi connectivity index (χ4n) is 2.65. The van der Waals surface area contributed by atoms with Crippen LogP contribution in [0.1, 0.15) is 16.1 Å². The summed E-state index contributed by atoms with van der Waals surface area (Å²) in [7, 11) is 3.44. The lowest BCUT2D eigenvalue weighted by Gasteiger charge is -2.17. The van der Waals surface area contributed by atoms with Crippen LogP contribution in [0.4, 0.5) is 4.39 Å². The van der Waals surface area contributed by atoms with Gasteiger partial charge in [-0.3, -0.25) is 9.59 Å². The normalized spacial score (nSPS) is 10.8. The Bertz CT molecular complexity index is 931. The van der Waals surface area contributed by atoms with E-state index in [4.69, 9.17) is 0 Å². The molecule has 5 nitrogen and oxygen atoms in total. The van der Waals surface area contributed by atoms with Gasteiger partial charge in [-0.15, -0.1) is 11.3 Å². The zero-order chi connectivity index (χ0) is 18.0. The average Bonchev–Trinajstić information content (AvgIpc) is 3.15. The number of aromatic nitrogens is 1. The monoisotopic (exact) mass is 359 g/mol. The third-order valence-corrected chi connectivity index (χ3v) is 4.88. The molecule has 0 aliphatic heterocycles. The standard InChI is InChI=1S/C18H18FN3O2S/c1-21(11-12-4-3-5-13(19)8-12)17(23)10-20-18(24)15-9-16-14(22(15)2)6-7-25-16/h3-9H,10-11H2,1-2H3,(H,20,24). The van der Waals surface area contributed by atoms with Gasteiger partial charge in [-0.25, -0.2) is 4.39 Å². The van der Waals surface area contributed by atoms with Gasteiger partial charge in [0.05, 0.1) is 16.8 Å². The highest BCUT2D eigenvalue weighted by molar-refractivity contribution is 7.17. The van der Waals surface area contributed by atoms with Crippen molar-refractivity contribution >= 4 is 33.4 Å². The van der Waals surface area contributed by atoms with Gasteiger partial charge in [-0.1, -0.05) is 12.1 Å². The number of hydrogen-bond donors (Lipinski definition) is 1. The Morgan fingerprint density at radius 2 is 2.08 bits per heavy atom. The molecule has 7 heteroatoms. The second kappa shape index (κ2) is 7.06. The number of rotatable bonds is 5. The van der Waals surface area contributed by atoms with E-state index < -0.39 is 0 Å². The van der Waals surface area contributed by atoms with Crippen molar-refractivity contribution in [1.29, 1.82) is 0 Å². The number of nitrogens with zero attached hydrogens (tertiary/aromatic N) is 2. The molecule has 0 saturated carbocycles. The zero-order valence-electron chi connectivity index (χ0n) is 14.0. The van der Waals surface area contributed by atoms with Crippen LogP contribution in [0.2, 0.25) is 0 Å². The van der Waals surface area contributed by atoms with E-state index in [2.05, 4.69) is 5.32 Å². The molecule has 0 spiro atoms. The molecular weight excluding hydrogens is 341 g/mol. The first-order valence-electron chi connectivity index (χ1n) is 7.75. The van der Waals surface area contributed by atoms with E-state index in [1.165, 1.54) is 17.0 Å². The average molecular weight is 359 g/mol. The molecule has 1 aromatic carbocycles. The minimum absolute atomic E-state index is 0.108. The van der Waals surface area contributed by atoms with Crippen LogP contribution in [0, 0.1) is 5.82 Å². The number of carbonyl (C=O) groups is 2. The van der Waals surface area contributed by atoms with Gasteiger partial charge in [0.15, 0.2) is 0 Å². The molecule has 25 heavy (non-hydrogen) atoms. The Kier molecular flexibility index (Phi) is 4.85. The van der Waals surface area contributed by atoms with Crippen LogP contribution in [0.15, 0.2) is 41.8 Å². The minimum atomic E-state index is -0.338. The third-order valence-electron chi connectivity index (χ3n) is 4.03. The molecule has 0 radical (unpaired) electrons. The van der Waals surface area contributed by atoms with Gasteiger partial charge in [0.25, 0.3) is 5.91 Å². The topological polar surface area (TPSA) is 54.3 Å². The molecule has 1 N–H and O–H groups in total. The molecule has 0 unspecified atom stereocenters. The molecule has 2 heterocycles. The molecular formula is C18H18FN3O2S. The van der Waals surface area contributed by atoms with Crippen LogP contribution >= 0.6 is 11.3 Å². The number of hydrogen-bond acceptors (Lipinski definition) is 3. The van der Waals surface area contributed by atoms with Gasteiger partial charge < -0.3 is 14.8 Å². The summed E-state index contributed by atoms with van der Waals surface area (Å²) in [5.74, 6) is -0.873. The van der Waals surface area contributed by atoms with Gasteiger partial charge in [-0.2, -0.15) is 0 Å². The first kappa shape index (κ1) is 17.2. The number of fused-ring (bicyclic) bond motifs is 1. The molecule has 2 amide bonds. The lowest BCUT2D eigenvalue weighted by atomic mass is 10.2. The first-order valence-corrected chi connectivity index (χ1v) is 8.63. The van der Waals surface area contributed by atoms with Gasteiger partial charge in [0.1, 0.15) is 11.5 Å². The van der Waals surface area contributed by atoms with E-state index in [0.717, 1.165) is 10.2 Å². The van der Waals surface area contributed by atoms with Gasteiger partial charge in [0.2, 0.25) is 5.91 Å². The van der Waals surface area contributed by atoms with Gasteiger partial charge >= 0.3 is 0 Å². The number of aryl methyl sites for hydroxylation is 1. The van der Waals surface area contributed by atoms with Crippen LogP contribution in [-0.4, -0.2) is 34.9 Å². The predicted molar refractivity (Wildman–Crippen MR) is 96.0 cm³/mol. The van der Waals surface area contributed by atoms with Crippen molar-refractivity contribution in [2.75, 3.05) is 13.6 Å². The summed E-state index contributed by atoms with van der Waals surface area (Å²) in [6, 6.07) is 9.87. The van der Waals surface area contributed by atoms with E-state index >= 15 is 0 Å². The molecule has 0 bridgehead atoms. The Morgan fingerprint density at radius 3 is 2.80 bits per heavy atom. The van der Waals surface area contributed by atoms with E-state index in [1.807, 2.05) is 29.1 Å². The van der Waals surface area contributed by atoms with Gasteiger partial charge in [0, 0.05) is 20.6 Å². The number of carbonyl (C=O) groups excluding carboxylic acids is 2. The molecule has 0 atom stereocenters. The highest BCUT2D eigenvalue weighted by Gasteiger charge is 2.16. The highest BCUT2D eigenvalue weighted by Crippen LogP contribution is 2.23. The smallest absolute Gasteiger partial charge is 0.268 e. The van der Waals surface area contributed by atoms with Crippen molar-refractivity contribution in [3.05, 3.63) is 58.9 Å². The molecule has 3 rings (SSSR count). The van der Waals surface area contributed by atoms with Crippen molar-refractivity contribution < 1.29 is 14.0 Å². The van der Waals surface area contributed by atoms with Crippen LogP contribution in [0.5, 0.6) is 0 Å². The maximum atomic E-state index is 13.2.